The minimum Gasteiger partial charge on any atom is -0.744 e. The Labute approximate surface area is 117 Å². The fourth-order valence-corrected chi connectivity index (χ4v) is 1.77. The molecule has 1 aromatic heterocycles. The van der Waals surface area contributed by atoms with Crippen molar-refractivity contribution in [1.29, 1.82) is 0 Å². The maximum atomic E-state index is 10.3. The largest absolute Gasteiger partial charge is 0.744 e. The van der Waals surface area contributed by atoms with Crippen LogP contribution in [0.3, 0.4) is 0 Å². The molecule has 0 radical (unpaired) electrons. The number of aromatic nitrogens is 1. The Morgan fingerprint density at radius 2 is 1.75 bits per heavy atom. The second-order valence-electron chi connectivity index (χ2n) is 3.64. The molecule has 4 N–H and O–H groups in total. The van der Waals surface area contributed by atoms with Gasteiger partial charge >= 0.3 is 5.82 Å². The Morgan fingerprint density at radius 1 is 1.15 bits per heavy atom. The van der Waals surface area contributed by atoms with E-state index in [9.17, 15) is 13.0 Å². The van der Waals surface area contributed by atoms with E-state index >= 15 is 0 Å². The molecule has 0 aliphatic heterocycles. The van der Waals surface area contributed by atoms with E-state index in [2.05, 4.69) is 0 Å². The van der Waals surface area contributed by atoms with Crippen LogP contribution >= 0.6 is 0 Å². The number of nitrogen functional groups attached to an aromatic ring is 2. The number of nitrogens with two attached hydrogens (primary N) is 2. The van der Waals surface area contributed by atoms with E-state index in [1.807, 2.05) is 0 Å². The highest BCUT2D eigenvalue weighted by atomic mass is 32.2. The van der Waals surface area contributed by atoms with Gasteiger partial charge in [0.2, 0.25) is 5.75 Å². The van der Waals surface area contributed by atoms with Gasteiger partial charge in [-0.25, -0.2) is 8.42 Å². The zero-order chi connectivity index (χ0) is 15.2. The van der Waals surface area contributed by atoms with Gasteiger partial charge in [-0.05, 0) is 24.3 Å². The van der Waals surface area contributed by atoms with Gasteiger partial charge in [-0.3, -0.25) is 11.6 Å². The zero-order valence-electron chi connectivity index (χ0n) is 10.8. The minimum atomic E-state index is -4.25. The maximum absolute atomic E-state index is 10.3. The molecule has 7 nitrogen and oxygen atoms in total. The van der Waals surface area contributed by atoms with Crippen LogP contribution in [0.15, 0.2) is 53.6 Å². The number of pyridine rings is 1. The van der Waals surface area contributed by atoms with E-state index in [4.69, 9.17) is 16.3 Å². The monoisotopic (exact) mass is 297 g/mol. The lowest BCUT2D eigenvalue weighted by Crippen LogP contribution is -2.46. The Kier molecular flexibility index (Phi) is 5.30. The number of benzene rings is 1. The molecule has 0 saturated heterocycles. The molecule has 0 amide bonds. The lowest BCUT2D eigenvalue weighted by molar-refractivity contribution is -0.624. The Morgan fingerprint density at radius 3 is 2.15 bits per heavy atom. The quantitative estimate of drug-likeness (QED) is 0.452. The first kappa shape index (κ1) is 15.7. The summed E-state index contributed by atoms with van der Waals surface area (Å²) < 4.78 is 37.0. The van der Waals surface area contributed by atoms with Crippen LogP contribution < -0.4 is 21.0 Å². The number of nitrogens with zero attached hydrogens (tertiary/aromatic N) is 1. The third kappa shape index (κ3) is 4.41. The highest BCUT2D eigenvalue weighted by Crippen LogP contribution is 2.12. The summed E-state index contributed by atoms with van der Waals surface area (Å²) in [5.74, 6) is 6.42. The van der Waals surface area contributed by atoms with Gasteiger partial charge in [0.15, 0.2) is 0 Å². The first-order chi connectivity index (χ1) is 9.36. The number of hydrogen-bond acceptors (Lipinski definition) is 6. The average Bonchev–Trinajstić information content (AvgIpc) is 2.43. The standard InChI is InChI=1S/C6H9N3O.C6H6O3S/c1-10-5-3-2-4-9(8)6(5)7;7-10(8,9)6-4-2-1-3-5-6/h2-4,7H,8H2,1H3;1-5H,(H,7,8,9). The van der Waals surface area contributed by atoms with Gasteiger partial charge in [0.05, 0.1) is 12.0 Å². The van der Waals surface area contributed by atoms with E-state index in [1.165, 1.54) is 28.9 Å². The summed E-state index contributed by atoms with van der Waals surface area (Å²) in [4.78, 5) is -0.185. The Bertz CT molecular complexity index is 660. The zero-order valence-corrected chi connectivity index (χ0v) is 11.6. The molecule has 2 rings (SSSR count). The fraction of sp³-hybridized carbons (Fsp3) is 0.0833. The number of ether oxygens (including phenoxy) is 1. The van der Waals surface area contributed by atoms with Crippen molar-refractivity contribution in [3.63, 3.8) is 0 Å². The Hall–Kier alpha value is -2.32. The summed E-state index contributed by atoms with van der Waals surface area (Å²) >= 11 is 0. The first-order valence-corrected chi connectivity index (χ1v) is 6.87. The Balaban J connectivity index is 0.000000200. The first-order valence-electron chi connectivity index (χ1n) is 5.46. The van der Waals surface area contributed by atoms with Gasteiger partial charge in [-0.2, -0.15) is 0 Å². The topological polar surface area (TPSA) is 122 Å². The summed E-state index contributed by atoms with van der Waals surface area (Å²) in [6.07, 6.45) is 1.65. The van der Waals surface area contributed by atoms with Gasteiger partial charge < -0.3 is 9.29 Å². The van der Waals surface area contributed by atoms with E-state index in [0.717, 1.165) is 0 Å². The molecule has 0 bridgehead atoms. The van der Waals surface area contributed by atoms with Crippen LogP contribution in [0.1, 0.15) is 0 Å². The number of hydrogen-bond donors (Lipinski definition) is 2. The van der Waals surface area contributed by atoms with Crippen LogP contribution in [0.2, 0.25) is 0 Å². The van der Waals surface area contributed by atoms with Crippen molar-refractivity contribution in [2.24, 2.45) is 0 Å². The van der Waals surface area contributed by atoms with Gasteiger partial charge in [-0.15, -0.1) is 4.68 Å². The van der Waals surface area contributed by atoms with E-state index in [1.54, 1.807) is 31.5 Å². The van der Waals surface area contributed by atoms with Crippen molar-refractivity contribution < 1.29 is 22.4 Å². The summed E-state index contributed by atoms with van der Waals surface area (Å²) in [6, 6.07) is 10.7. The molecule has 0 spiro atoms. The molecule has 1 heterocycles. The highest BCUT2D eigenvalue weighted by Gasteiger charge is 2.06. The molecule has 2 aromatic rings. The molecular formula is C12H15N3O4S. The van der Waals surface area contributed by atoms with Crippen LogP contribution in [0, 0.1) is 0 Å². The van der Waals surface area contributed by atoms with Gasteiger partial charge in [-0.1, -0.05) is 18.2 Å². The van der Waals surface area contributed by atoms with Crippen LogP contribution in [0.4, 0.5) is 5.82 Å². The van der Waals surface area contributed by atoms with Crippen molar-refractivity contribution in [2.75, 3.05) is 18.7 Å². The van der Waals surface area contributed by atoms with Gasteiger partial charge in [0.25, 0.3) is 0 Å². The number of anilines is 1. The smallest absolute Gasteiger partial charge is 0.338 e. The predicted molar refractivity (Wildman–Crippen MR) is 72.2 cm³/mol. The molecule has 0 atom stereocenters. The second-order valence-corrected chi connectivity index (χ2v) is 5.02. The van der Waals surface area contributed by atoms with Crippen LogP contribution in [-0.2, 0) is 10.1 Å². The van der Waals surface area contributed by atoms with E-state index in [0.29, 0.717) is 11.6 Å². The third-order valence-corrected chi connectivity index (χ3v) is 3.13. The van der Waals surface area contributed by atoms with Crippen molar-refractivity contribution in [3.05, 3.63) is 48.7 Å². The summed E-state index contributed by atoms with van der Waals surface area (Å²) in [5, 5.41) is 0. The molecule has 8 heteroatoms. The molecule has 1 aromatic carbocycles. The SMILES string of the molecule is COc1ccc[n+](N)c1N.O=S(=O)([O-])c1ccccc1. The van der Waals surface area contributed by atoms with Crippen molar-refractivity contribution >= 4 is 15.9 Å². The van der Waals surface area contributed by atoms with Gasteiger partial charge in [0.1, 0.15) is 16.3 Å². The summed E-state index contributed by atoms with van der Waals surface area (Å²) in [5.41, 5.74) is 5.51. The molecule has 0 aliphatic rings. The lowest BCUT2D eigenvalue weighted by Gasteiger charge is -2.04. The van der Waals surface area contributed by atoms with Crippen molar-refractivity contribution in [2.45, 2.75) is 4.90 Å². The number of rotatable bonds is 2. The molecule has 108 valence electrons. The summed E-state index contributed by atoms with van der Waals surface area (Å²) in [7, 11) is -2.71. The van der Waals surface area contributed by atoms with Crippen LogP contribution in [-0.4, -0.2) is 20.1 Å². The molecule has 0 fully saturated rings. The van der Waals surface area contributed by atoms with Crippen molar-refractivity contribution in [1.82, 2.24) is 0 Å². The molecule has 20 heavy (non-hydrogen) atoms. The molecular weight excluding hydrogens is 282 g/mol. The maximum Gasteiger partial charge on any atom is 0.338 e. The van der Waals surface area contributed by atoms with Gasteiger partial charge in [0, 0.05) is 0 Å². The summed E-state index contributed by atoms with van der Waals surface area (Å²) in [6.45, 7) is 0. The number of methoxy groups -OCH3 is 1. The highest BCUT2D eigenvalue weighted by molar-refractivity contribution is 7.85. The predicted octanol–water partition coefficient (Wildman–Crippen LogP) is -0.131. The molecule has 0 aliphatic carbocycles. The average molecular weight is 297 g/mol. The van der Waals surface area contributed by atoms with E-state index in [-0.39, 0.29) is 4.90 Å². The van der Waals surface area contributed by atoms with Crippen LogP contribution in [0.25, 0.3) is 0 Å². The third-order valence-electron chi connectivity index (χ3n) is 2.28. The molecule has 0 saturated carbocycles. The minimum absolute atomic E-state index is 0.185. The molecule has 0 unspecified atom stereocenters. The normalized spacial score (nSPS) is 10.3. The van der Waals surface area contributed by atoms with Crippen molar-refractivity contribution in [3.8, 4) is 5.75 Å². The van der Waals surface area contributed by atoms with Crippen LogP contribution in [0.5, 0.6) is 5.75 Å². The fourth-order valence-electron chi connectivity index (χ4n) is 1.28. The lowest BCUT2D eigenvalue weighted by atomic mass is 10.4. The van der Waals surface area contributed by atoms with E-state index < -0.39 is 10.1 Å². The second kappa shape index (κ2) is 6.73.